The quantitative estimate of drug-likeness (QED) is 0.515. The van der Waals surface area contributed by atoms with E-state index in [0.29, 0.717) is 12.1 Å². The SMILES string of the molecule is N#Cc1ccc(CSc2ccccc2C(=O)NCCC2=CCCCC2)cc1. The van der Waals surface area contributed by atoms with Crippen LogP contribution < -0.4 is 5.32 Å². The monoisotopic (exact) mass is 376 g/mol. The molecule has 1 aliphatic rings. The van der Waals surface area contributed by atoms with Crippen LogP contribution in [0.2, 0.25) is 0 Å². The molecule has 0 bridgehead atoms. The van der Waals surface area contributed by atoms with Gasteiger partial charge in [0.2, 0.25) is 0 Å². The minimum atomic E-state index is -0.00524. The molecule has 0 spiro atoms. The topological polar surface area (TPSA) is 52.9 Å². The largest absolute Gasteiger partial charge is 0.352 e. The highest BCUT2D eigenvalue weighted by atomic mass is 32.2. The number of carbonyl (C=O) groups is 1. The molecule has 1 aliphatic carbocycles. The number of nitrogens with one attached hydrogen (secondary N) is 1. The molecule has 2 aromatic rings. The van der Waals surface area contributed by atoms with E-state index >= 15 is 0 Å². The van der Waals surface area contributed by atoms with Gasteiger partial charge in [-0.1, -0.05) is 35.9 Å². The second kappa shape index (κ2) is 9.99. The van der Waals surface area contributed by atoms with Gasteiger partial charge in [0.15, 0.2) is 0 Å². The first kappa shape index (κ1) is 19.3. The number of rotatable bonds is 7. The second-order valence-corrected chi connectivity index (χ2v) is 7.72. The van der Waals surface area contributed by atoms with E-state index in [-0.39, 0.29) is 5.91 Å². The number of hydrogen-bond donors (Lipinski definition) is 1. The molecule has 0 radical (unpaired) electrons. The van der Waals surface area contributed by atoms with Crippen LogP contribution in [0.15, 0.2) is 65.1 Å². The summed E-state index contributed by atoms with van der Waals surface area (Å²) in [6.45, 7) is 0.694. The van der Waals surface area contributed by atoms with Crippen LogP contribution in [0, 0.1) is 11.3 Å². The van der Waals surface area contributed by atoms with E-state index in [9.17, 15) is 4.79 Å². The van der Waals surface area contributed by atoms with Gasteiger partial charge in [0, 0.05) is 17.2 Å². The first-order valence-electron chi connectivity index (χ1n) is 9.43. The third kappa shape index (κ3) is 5.74. The third-order valence-corrected chi connectivity index (χ3v) is 5.87. The van der Waals surface area contributed by atoms with Gasteiger partial charge < -0.3 is 5.32 Å². The molecule has 3 rings (SSSR count). The van der Waals surface area contributed by atoms with E-state index in [1.165, 1.54) is 31.3 Å². The number of carbonyl (C=O) groups excluding carboxylic acids is 1. The lowest BCUT2D eigenvalue weighted by molar-refractivity contribution is 0.0951. The fourth-order valence-electron chi connectivity index (χ4n) is 3.18. The van der Waals surface area contributed by atoms with Crippen molar-refractivity contribution in [1.29, 1.82) is 5.26 Å². The van der Waals surface area contributed by atoms with Gasteiger partial charge in [0.05, 0.1) is 17.2 Å². The Morgan fingerprint density at radius 2 is 1.93 bits per heavy atom. The molecular weight excluding hydrogens is 352 g/mol. The van der Waals surface area contributed by atoms with Crippen molar-refractivity contribution in [1.82, 2.24) is 5.32 Å². The van der Waals surface area contributed by atoms with Gasteiger partial charge in [-0.15, -0.1) is 11.8 Å². The predicted molar refractivity (Wildman–Crippen MR) is 111 cm³/mol. The molecule has 1 N–H and O–H groups in total. The fraction of sp³-hybridized carbons (Fsp3) is 0.304. The Bertz CT molecular complexity index is 849. The van der Waals surface area contributed by atoms with Crippen molar-refractivity contribution in [2.75, 3.05) is 6.54 Å². The normalized spacial score (nSPS) is 13.5. The molecule has 0 saturated carbocycles. The Balaban J connectivity index is 1.56. The van der Waals surface area contributed by atoms with Gasteiger partial charge in [-0.2, -0.15) is 5.26 Å². The van der Waals surface area contributed by atoms with E-state index in [0.717, 1.165) is 28.2 Å². The Labute approximate surface area is 165 Å². The van der Waals surface area contributed by atoms with Gasteiger partial charge in [0.25, 0.3) is 5.91 Å². The van der Waals surface area contributed by atoms with Crippen LogP contribution in [-0.4, -0.2) is 12.5 Å². The molecule has 0 saturated heterocycles. The van der Waals surface area contributed by atoms with Crippen LogP contribution in [0.3, 0.4) is 0 Å². The number of nitriles is 1. The number of nitrogens with zero attached hydrogens (tertiary/aromatic N) is 1. The molecule has 3 nitrogen and oxygen atoms in total. The van der Waals surface area contributed by atoms with E-state index < -0.39 is 0 Å². The van der Waals surface area contributed by atoms with E-state index in [1.807, 2.05) is 48.5 Å². The molecule has 0 unspecified atom stereocenters. The number of benzene rings is 2. The first-order chi connectivity index (χ1) is 13.3. The molecule has 0 fully saturated rings. The lowest BCUT2D eigenvalue weighted by Gasteiger charge is -2.14. The van der Waals surface area contributed by atoms with Crippen molar-refractivity contribution < 1.29 is 4.79 Å². The zero-order chi connectivity index (χ0) is 18.9. The fourth-order valence-corrected chi connectivity index (χ4v) is 4.19. The van der Waals surface area contributed by atoms with Crippen LogP contribution in [0.4, 0.5) is 0 Å². The summed E-state index contributed by atoms with van der Waals surface area (Å²) in [7, 11) is 0. The summed E-state index contributed by atoms with van der Waals surface area (Å²) in [6.07, 6.45) is 8.20. The highest BCUT2D eigenvalue weighted by Gasteiger charge is 2.12. The summed E-state index contributed by atoms with van der Waals surface area (Å²) >= 11 is 1.65. The zero-order valence-electron chi connectivity index (χ0n) is 15.4. The maximum Gasteiger partial charge on any atom is 0.252 e. The van der Waals surface area contributed by atoms with Crippen LogP contribution in [0.25, 0.3) is 0 Å². The highest BCUT2D eigenvalue weighted by Crippen LogP contribution is 2.26. The maximum absolute atomic E-state index is 12.6. The summed E-state index contributed by atoms with van der Waals surface area (Å²) in [4.78, 5) is 13.6. The van der Waals surface area contributed by atoms with Crippen molar-refractivity contribution >= 4 is 17.7 Å². The van der Waals surface area contributed by atoms with Crippen LogP contribution >= 0.6 is 11.8 Å². The standard InChI is InChI=1S/C23H24N2OS/c24-16-19-10-12-20(13-11-19)17-27-22-9-5-4-8-21(22)23(26)25-15-14-18-6-2-1-3-7-18/h4-6,8-13H,1-3,7,14-15,17H2,(H,25,26). The van der Waals surface area contributed by atoms with Crippen molar-refractivity contribution in [3.05, 3.63) is 76.9 Å². The first-order valence-corrected chi connectivity index (χ1v) is 10.4. The lowest BCUT2D eigenvalue weighted by atomic mass is 9.97. The third-order valence-electron chi connectivity index (χ3n) is 4.73. The number of amides is 1. The Hall–Kier alpha value is -2.51. The van der Waals surface area contributed by atoms with Gasteiger partial charge in [-0.3, -0.25) is 4.79 Å². The van der Waals surface area contributed by atoms with Crippen LogP contribution in [-0.2, 0) is 5.75 Å². The summed E-state index contributed by atoms with van der Waals surface area (Å²) in [5.41, 5.74) is 4.01. The van der Waals surface area contributed by atoms with Crippen molar-refractivity contribution in [3.63, 3.8) is 0 Å². The predicted octanol–water partition coefficient (Wildman–Crippen LogP) is 5.47. The highest BCUT2D eigenvalue weighted by molar-refractivity contribution is 7.98. The van der Waals surface area contributed by atoms with E-state index in [1.54, 1.807) is 11.8 Å². The Morgan fingerprint density at radius 1 is 1.11 bits per heavy atom. The minimum absolute atomic E-state index is 0.00524. The van der Waals surface area contributed by atoms with E-state index in [4.69, 9.17) is 5.26 Å². The smallest absolute Gasteiger partial charge is 0.252 e. The van der Waals surface area contributed by atoms with Crippen LogP contribution in [0.5, 0.6) is 0 Å². The Kier molecular flexibility index (Phi) is 7.12. The molecule has 27 heavy (non-hydrogen) atoms. The second-order valence-electron chi connectivity index (χ2n) is 6.71. The molecule has 0 atom stereocenters. The Morgan fingerprint density at radius 3 is 2.67 bits per heavy atom. The lowest BCUT2D eigenvalue weighted by Crippen LogP contribution is -2.25. The summed E-state index contributed by atoms with van der Waals surface area (Å²) < 4.78 is 0. The molecule has 4 heteroatoms. The molecule has 1 amide bonds. The maximum atomic E-state index is 12.6. The van der Waals surface area contributed by atoms with Crippen molar-refractivity contribution in [3.8, 4) is 6.07 Å². The summed E-state index contributed by atoms with van der Waals surface area (Å²) in [6, 6.07) is 17.5. The summed E-state index contributed by atoms with van der Waals surface area (Å²) in [5.74, 6) is 0.762. The van der Waals surface area contributed by atoms with Gasteiger partial charge in [0.1, 0.15) is 0 Å². The molecule has 0 aromatic heterocycles. The zero-order valence-corrected chi connectivity index (χ0v) is 16.2. The molecule has 0 heterocycles. The van der Waals surface area contributed by atoms with Gasteiger partial charge in [-0.05, 0) is 61.9 Å². The average molecular weight is 377 g/mol. The minimum Gasteiger partial charge on any atom is -0.352 e. The van der Waals surface area contributed by atoms with Gasteiger partial charge >= 0.3 is 0 Å². The summed E-state index contributed by atoms with van der Waals surface area (Å²) in [5, 5.41) is 12.0. The molecule has 2 aromatic carbocycles. The molecular formula is C23H24N2OS. The van der Waals surface area contributed by atoms with Crippen molar-refractivity contribution in [2.45, 2.75) is 42.8 Å². The van der Waals surface area contributed by atoms with Crippen molar-refractivity contribution in [2.24, 2.45) is 0 Å². The number of thioether (sulfide) groups is 1. The van der Waals surface area contributed by atoms with Crippen LogP contribution in [0.1, 0.15) is 53.6 Å². The van der Waals surface area contributed by atoms with E-state index in [2.05, 4.69) is 17.5 Å². The average Bonchev–Trinajstić information content (AvgIpc) is 2.73. The molecule has 0 aliphatic heterocycles. The number of hydrogen-bond acceptors (Lipinski definition) is 3. The number of allylic oxidation sites excluding steroid dienone is 1. The molecule has 138 valence electrons. The van der Waals surface area contributed by atoms with Gasteiger partial charge in [-0.25, -0.2) is 0 Å².